The van der Waals surface area contributed by atoms with Gasteiger partial charge in [0.05, 0.1) is 0 Å². The number of nitrogens with one attached hydrogen (secondary N) is 1. The van der Waals surface area contributed by atoms with Crippen molar-refractivity contribution in [1.82, 2.24) is 5.32 Å². The Morgan fingerprint density at radius 3 is 2.77 bits per heavy atom. The summed E-state index contributed by atoms with van der Waals surface area (Å²) in [6.07, 6.45) is 4.65. The summed E-state index contributed by atoms with van der Waals surface area (Å²) < 4.78 is 12.0. The van der Waals surface area contributed by atoms with Crippen LogP contribution in [-0.4, -0.2) is 19.2 Å². The number of para-hydroxylation sites is 1. The number of rotatable bonds is 6. The maximum absolute atomic E-state index is 6.04. The van der Waals surface area contributed by atoms with Gasteiger partial charge in [-0.05, 0) is 50.6 Å². The zero-order chi connectivity index (χ0) is 15.9. The van der Waals surface area contributed by atoms with Crippen molar-refractivity contribution in [3.8, 4) is 5.75 Å². The predicted molar refractivity (Wildman–Crippen MR) is 91.0 cm³/mol. The summed E-state index contributed by atoms with van der Waals surface area (Å²) in [5.74, 6) is 2.21. The highest BCUT2D eigenvalue weighted by Gasteiger charge is 2.18. The zero-order valence-corrected chi connectivity index (χ0v) is 13.8. The van der Waals surface area contributed by atoms with E-state index in [1.165, 1.54) is 0 Å². The van der Waals surface area contributed by atoms with Crippen molar-refractivity contribution in [2.45, 2.75) is 26.4 Å². The fourth-order valence-electron chi connectivity index (χ4n) is 2.20. The lowest BCUT2D eigenvalue weighted by Crippen LogP contribution is -2.17. The molecule has 1 aliphatic rings. The standard InChI is InChI=1S/C18H22ClNO2/c1-13-6-4-5-7-17(13)21-15(3)18(9-8-14(2)19)22-16-10-11-20-12-16/h4-9,16,20H,2,10-12H2,1,3H3. The van der Waals surface area contributed by atoms with E-state index in [4.69, 9.17) is 21.1 Å². The second-order valence-corrected chi connectivity index (χ2v) is 5.79. The minimum atomic E-state index is 0.152. The molecule has 1 heterocycles. The third-order valence-corrected chi connectivity index (χ3v) is 3.55. The number of hydrogen-bond donors (Lipinski definition) is 1. The summed E-state index contributed by atoms with van der Waals surface area (Å²) in [6, 6.07) is 7.89. The molecule has 0 spiro atoms. The normalized spacial score (nSPS) is 19.1. The Hall–Kier alpha value is -1.71. The van der Waals surface area contributed by atoms with E-state index >= 15 is 0 Å². The molecular formula is C18H22ClNO2. The third-order valence-electron chi connectivity index (χ3n) is 3.43. The Bertz CT molecular complexity index is 587. The largest absolute Gasteiger partial charge is 0.486 e. The van der Waals surface area contributed by atoms with Gasteiger partial charge in [-0.1, -0.05) is 36.4 Å². The van der Waals surface area contributed by atoms with Gasteiger partial charge in [0, 0.05) is 11.6 Å². The van der Waals surface area contributed by atoms with Gasteiger partial charge >= 0.3 is 0 Å². The molecule has 1 aromatic rings. The van der Waals surface area contributed by atoms with Crippen LogP contribution >= 0.6 is 11.6 Å². The van der Waals surface area contributed by atoms with E-state index in [0.717, 1.165) is 30.8 Å². The molecule has 1 aromatic carbocycles. The Balaban J connectivity index is 2.19. The Kier molecular flexibility index (Phi) is 6.10. The number of benzene rings is 1. The van der Waals surface area contributed by atoms with Crippen LogP contribution in [0.15, 0.2) is 59.5 Å². The van der Waals surface area contributed by atoms with Crippen LogP contribution < -0.4 is 10.1 Å². The molecule has 0 aromatic heterocycles. The van der Waals surface area contributed by atoms with Gasteiger partial charge in [-0.2, -0.15) is 0 Å². The van der Waals surface area contributed by atoms with Crippen molar-refractivity contribution < 1.29 is 9.47 Å². The van der Waals surface area contributed by atoms with Crippen LogP contribution in [0.25, 0.3) is 0 Å². The van der Waals surface area contributed by atoms with E-state index in [1.54, 1.807) is 12.2 Å². The summed E-state index contributed by atoms with van der Waals surface area (Å²) in [4.78, 5) is 0. The zero-order valence-electron chi connectivity index (χ0n) is 13.1. The summed E-state index contributed by atoms with van der Waals surface area (Å²) >= 11 is 5.82. The smallest absolute Gasteiger partial charge is 0.157 e. The third kappa shape index (κ3) is 4.93. The van der Waals surface area contributed by atoms with Gasteiger partial charge in [0.25, 0.3) is 0 Å². The van der Waals surface area contributed by atoms with Crippen molar-refractivity contribution in [2.75, 3.05) is 13.1 Å². The van der Waals surface area contributed by atoms with E-state index < -0.39 is 0 Å². The van der Waals surface area contributed by atoms with E-state index in [2.05, 4.69) is 11.9 Å². The fraction of sp³-hybridized carbons (Fsp3) is 0.333. The number of halogens is 1. The Labute approximate surface area is 137 Å². The first-order chi connectivity index (χ1) is 10.6. The molecule has 1 atom stereocenters. The van der Waals surface area contributed by atoms with Crippen molar-refractivity contribution in [3.63, 3.8) is 0 Å². The summed E-state index contributed by atoms with van der Waals surface area (Å²) in [7, 11) is 0. The van der Waals surface area contributed by atoms with Gasteiger partial charge in [-0.25, -0.2) is 0 Å². The average Bonchev–Trinajstić information content (AvgIpc) is 2.98. The number of aryl methyl sites for hydroxylation is 1. The maximum Gasteiger partial charge on any atom is 0.157 e. The van der Waals surface area contributed by atoms with E-state index in [1.807, 2.05) is 38.1 Å². The van der Waals surface area contributed by atoms with Gasteiger partial charge in [0.15, 0.2) is 5.76 Å². The van der Waals surface area contributed by atoms with Crippen LogP contribution in [0.2, 0.25) is 0 Å². The molecular weight excluding hydrogens is 298 g/mol. The number of allylic oxidation sites excluding steroid dienone is 4. The Morgan fingerprint density at radius 1 is 1.36 bits per heavy atom. The summed E-state index contributed by atoms with van der Waals surface area (Å²) in [6.45, 7) is 9.39. The molecule has 3 nitrogen and oxygen atoms in total. The van der Waals surface area contributed by atoms with Gasteiger partial charge in [0.2, 0.25) is 0 Å². The van der Waals surface area contributed by atoms with Crippen LogP contribution in [0.4, 0.5) is 0 Å². The molecule has 4 heteroatoms. The number of hydrogen-bond acceptors (Lipinski definition) is 3. The molecule has 1 N–H and O–H groups in total. The molecule has 1 saturated heterocycles. The van der Waals surface area contributed by atoms with E-state index in [-0.39, 0.29) is 6.10 Å². The molecule has 1 unspecified atom stereocenters. The first-order valence-electron chi connectivity index (χ1n) is 7.40. The topological polar surface area (TPSA) is 30.5 Å². The molecule has 1 aliphatic heterocycles. The van der Waals surface area contributed by atoms with Crippen molar-refractivity contribution in [2.24, 2.45) is 0 Å². The lowest BCUT2D eigenvalue weighted by Gasteiger charge is -2.17. The van der Waals surface area contributed by atoms with Gasteiger partial charge in [-0.15, -0.1) is 0 Å². The molecule has 22 heavy (non-hydrogen) atoms. The maximum atomic E-state index is 6.04. The monoisotopic (exact) mass is 319 g/mol. The van der Waals surface area contributed by atoms with Crippen LogP contribution in [0, 0.1) is 6.92 Å². The molecule has 1 fully saturated rings. The lowest BCUT2D eigenvalue weighted by atomic mass is 10.2. The van der Waals surface area contributed by atoms with Gasteiger partial charge in [0.1, 0.15) is 17.6 Å². The van der Waals surface area contributed by atoms with Crippen LogP contribution in [0.5, 0.6) is 5.75 Å². The van der Waals surface area contributed by atoms with Crippen LogP contribution in [0.1, 0.15) is 18.9 Å². The fourth-order valence-corrected chi connectivity index (χ4v) is 2.26. The number of ether oxygens (including phenoxy) is 2. The molecule has 2 rings (SSSR count). The van der Waals surface area contributed by atoms with Crippen LogP contribution in [-0.2, 0) is 4.74 Å². The van der Waals surface area contributed by atoms with Gasteiger partial charge in [-0.3, -0.25) is 0 Å². The molecule has 0 amide bonds. The average molecular weight is 320 g/mol. The molecule has 118 valence electrons. The van der Waals surface area contributed by atoms with E-state index in [9.17, 15) is 0 Å². The molecule has 0 bridgehead atoms. The minimum absolute atomic E-state index is 0.152. The first kappa shape index (κ1) is 16.7. The minimum Gasteiger partial charge on any atom is -0.486 e. The highest BCUT2D eigenvalue weighted by atomic mass is 35.5. The SMILES string of the molecule is C=C(Cl)C=CC(OC1CCNC1)=C(C)Oc1ccccc1C. The first-order valence-corrected chi connectivity index (χ1v) is 7.78. The highest BCUT2D eigenvalue weighted by molar-refractivity contribution is 6.30. The quantitative estimate of drug-likeness (QED) is 0.626. The molecule has 0 saturated carbocycles. The Morgan fingerprint density at radius 2 is 2.14 bits per heavy atom. The van der Waals surface area contributed by atoms with E-state index in [0.29, 0.717) is 16.6 Å². The van der Waals surface area contributed by atoms with Gasteiger partial charge < -0.3 is 14.8 Å². The van der Waals surface area contributed by atoms with Crippen molar-refractivity contribution in [3.05, 3.63) is 65.1 Å². The summed E-state index contributed by atoms with van der Waals surface area (Å²) in [5.41, 5.74) is 1.08. The highest BCUT2D eigenvalue weighted by Crippen LogP contribution is 2.22. The van der Waals surface area contributed by atoms with Crippen molar-refractivity contribution >= 4 is 11.6 Å². The predicted octanol–water partition coefficient (Wildman–Crippen LogP) is 4.29. The molecule has 0 aliphatic carbocycles. The molecule has 0 radical (unpaired) electrons. The summed E-state index contributed by atoms with van der Waals surface area (Å²) in [5, 5.41) is 3.74. The lowest BCUT2D eigenvalue weighted by molar-refractivity contribution is 0.131. The second kappa shape index (κ2) is 8.06. The second-order valence-electron chi connectivity index (χ2n) is 5.30. The van der Waals surface area contributed by atoms with Crippen LogP contribution in [0.3, 0.4) is 0 Å². The van der Waals surface area contributed by atoms with Crippen molar-refractivity contribution in [1.29, 1.82) is 0 Å².